The van der Waals surface area contributed by atoms with Gasteiger partial charge in [-0.2, -0.15) is 0 Å². The molecule has 2 N–H and O–H groups in total. The SMILES string of the molecule is Cc1c(NC(=O)c2cc(Cl)cc(N3CCOCC34CCC4)n2)cccc1C(=O)O. The predicted octanol–water partition coefficient (Wildman–Crippen LogP) is 3.75. The van der Waals surface area contributed by atoms with Crippen molar-refractivity contribution in [1.29, 1.82) is 0 Å². The van der Waals surface area contributed by atoms with Gasteiger partial charge in [0.15, 0.2) is 0 Å². The number of carbonyl (C=O) groups excluding carboxylic acids is 1. The van der Waals surface area contributed by atoms with E-state index in [1.54, 1.807) is 25.1 Å². The first kappa shape index (κ1) is 19.7. The third-order valence-corrected chi connectivity index (χ3v) is 6.00. The maximum Gasteiger partial charge on any atom is 0.336 e. The van der Waals surface area contributed by atoms with E-state index in [0.29, 0.717) is 41.8 Å². The Morgan fingerprint density at radius 3 is 2.79 bits per heavy atom. The molecule has 4 rings (SSSR count). The monoisotopic (exact) mass is 415 g/mol. The highest BCUT2D eigenvalue weighted by Gasteiger charge is 2.45. The van der Waals surface area contributed by atoms with E-state index < -0.39 is 11.9 Å². The Hall–Kier alpha value is -2.64. The van der Waals surface area contributed by atoms with Gasteiger partial charge in [-0.1, -0.05) is 17.7 Å². The highest BCUT2D eigenvalue weighted by atomic mass is 35.5. The van der Waals surface area contributed by atoms with Crippen LogP contribution in [0.5, 0.6) is 0 Å². The standard InChI is InChI=1S/C21H22ClN3O4/c1-13-15(20(27)28)4-2-5-16(13)24-19(26)17-10-14(22)11-18(23-17)25-8-9-29-12-21(25)6-3-7-21/h2,4-5,10-11H,3,6-9,12H2,1H3,(H,24,26)(H,27,28). The maximum atomic E-state index is 12.9. The maximum absolute atomic E-state index is 12.9. The van der Waals surface area contributed by atoms with Crippen LogP contribution in [0.3, 0.4) is 0 Å². The van der Waals surface area contributed by atoms with E-state index in [1.807, 2.05) is 0 Å². The highest BCUT2D eigenvalue weighted by Crippen LogP contribution is 2.42. The molecule has 1 saturated carbocycles. The van der Waals surface area contributed by atoms with Crippen molar-refractivity contribution in [3.8, 4) is 0 Å². The minimum Gasteiger partial charge on any atom is -0.478 e. The lowest BCUT2D eigenvalue weighted by Gasteiger charge is -2.53. The molecule has 8 heteroatoms. The van der Waals surface area contributed by atoms with Gasteiger partial charge in [0.25, 0.3) is 5.91 Å². The Balaban J connectivity index is 1.62. The second-order valence-corrected chi connectivity index (χ2v) is 7.98. The molecule has 1 aromatic carbocycles. The molecule has 1 saturated heterocycles. The number of benzene rings is 1. The van der Waals surface area contributed by atoms with Crippen LogP contribution in [0.2, 0.25) is 5.02 Å². The van der Waals surface area contributed by atoms with Crippen molar-refractivity contribution in [3.63, 3.8) is 0 Å². The van der Waals surface area contributed by atoms with Gasteiger partial charge in [0.1, 0.15) is 11.5 Å². The zero-order valence-electron chi connectivity index (χ0n) is 16.1. The summed E-state index contributed by atoms with van der Waals surface area (Å²) in [5.74, 6) is -0.808. The van der Waals surface area contributed by atoms with Crippen molar-refractivity contribution in [1.82, 2.24) is 4.98 Å². The van der Waals surface area contributed by atoms with E-state index in [0.717, 1.165) is 19.3 Å². The summed E-state index contributed by atoms with van der Waals surface area (Å²) < 4.78 is 5.68. The number of anilines is 2. The normalized spacial score (nSPS) is 17.7. The average molecular weight is 416 g/mol. The molecular weight excluding hydrogens is 394 g/mol. The Morgan fingerprint density at radius 1 is 1.31 bits per heavy atom. The molecule has 1 aromatic heterocycles. The number of rotatable bonds is 4. The Bertz CT molecular complexity index is 974. The number of pyridine rings is 1. The lowest BCUT2D eigenvalue weighted by Crippen LogP contribution is -2.61. The first-order valence-electron chi connectivity index (χ1n) is 9.57. The number of nitrogens with zero attached hydrogens (tertiary/aromatic N) is 2. The van der Waals surface area contributed by atoms with Crippen LogP contribution in [0.25, 0.3) is 0 Å². The Kier molecular flexibility index (Phi) is 5.19. The molecule has 0 radical (unpaired) electrons. The van der Waals surface area contributed by atoms with Gasteiger partial charge in [0.05, 0.1) is 24.3 Å². The van der Waals surface area contributed by atoms with Crippen molar-refractivity contribution in [3.05, 3.63) is 52.2 Å². The number of halogens is 1. The molecule has 1 amide bonds. The Morgan fingerprint density at radius 2 is 2.10 bits per heavy atom. The van der Waals surface area contributed by atoms with Gasteiger partial charge < -0.3 is 20.1 Å². The second-order valence-electron chi connectivity index (χ2n) is 7.55. The first-order valence-corrected chi connectivity index (χ1v) is 9.95. The van der Waals surface area contributed by atoms with Crippen LogP contribution >= 0.6 is 11.6 Å². The van der Waals surface area contributed by atoms with E-state index in [2.05, 4.69) is 15.2 Å². The highest BCUT2D eigenvalue weighted by molar-refractivity contribution is 6.31. The second kappa shape index (κ2) is 7.65. The lowest BCUT2D eigenvalue weighted by molar-refractivity contribution is 0.0129. The predicted molar refractivity (Wildman–Crippen MR) is 110 cm³/mol. The number of carboxylic acids is 1. The number of amides is 1. The van der Waals surface area contributed by atoms with E-state index in [4.69, 9.17) is 16.3 Å². The third-order valence-electron chi connectivity index (χ3n) is 5.79. The van der Waals surface area contributed by atoms with E-state index in [-0.39, 0.29) is 16.8 Å². The summed E-state index contributed by atoms with van der Waals surface area (Å²) in [5.41, 5.74) is 1.18. The number of morpholine rings is 1. The number of carboxylic acid groups (broad SMARTS) is 1. The molecule has 0 atom stereocenters. The topological polar surface area (TPSA) is 91.8 Å². The quantitative estimate of drug-likeness (QED) is 0.790. The summed E-state index contributed by atoms with van der Waals surface area (Å²) in [4.78, 5) is 31.0. The molecule has 7 nitrogen and oxygen atoms in total. The van der Waals surface area contributed by atoms with Crippen LogP contribution < -0.4 is 10.2 Å². The molecule has 1 spiro atoms. The fraction of sp³-hybridized carbons (Fsp3) is 0.381. The molecule has 2 fully saturated rings. The third kappa shape index (κ3) is 3.68. The van der Waals surface area contributed by atoms with E-state index in [9.17, 15) is 14.7 Å². The minimum atomic E-state index is -1.04. The van der Waals surface area contributed by atoms with Crippen molar-refractivity contribution in [2.75, 3.05) is 30.0 Å². The number of aromatic carboxylic acids is 1. The number of carbonyl (C=O) groups is 2. The van der Waals surface area contributed by atoms with E-state index in [1.165, 1.54) is 12.1 Å². The van der Waals surface area contributed by atoms with Gasteiger partial charge in [-0.3, -0.25) is 4.79 Å². The molecule has 2 aromatic rings. The molecular formula is C21H22ClN3O4. The van der Waals surface area contributed by atoms with E-state index >= 15 is 0 Å². The molecule has 152 valence electrons. The van der Waals surface area contributed by atoms with Gasteiger partial charge >= 0.3 is 5.97 Å². The fourth-order valence-corrected chi connectivity index (χ4v) is 4.22. The van der Waals surface area contributed by atoms with Crippen LogP contribution in [0.4, 0.5) is 11.5 Å². The van der Waals surface area contributed by atoms with Crippen LogP contribution in [0.1, 0.15) is 45.7 Å². The lowest BCUT2D eigenvalue weighted by atomic mass is 9.75. The number of hydrogen-bond acceptors (Lipinski definition) is 5. The fourth-order valence-electron chi connectivity index (χ4n) is 4.02. The van der Waals surface area contributed by atoms with Crippen LogP contribution in [0.15, 0.2) is 30.3 Å². The van der Waals surface area contributed by atoms with Crippen LogP contribution in [0, 0.1) is 6.92 Å². The van der Waals surface area contributed by atoms with Crippen molar-refractivity contribution < 1.29 is 19.4 Å². The van der Waals surface area contributed by atoms with Crippen LogP contribution in [-0.2, 0) is 4.74 Å². The number of nitrogens with one attached hydrogen (secondary N) is 1. The summed E-state index contributed by atoms with van der Waals surface area (Å²) >= 11 is 6.31. The smallest absolute Gasteiger partial charge is 0.336 e. The van der Waals surface area contributed by atoms with Crippen molar-refractivity contribution >= 4 is 35.0 Å². The summed E-state index contributed by atoms with van der Waals surface area (Å²) in [6, 6.07) is 8.05. The van der Waals surface area contributed by atoms with Gasteiger partial charge in [0, 0.05) is 17.3 Å². The number of aromatic nitrogens is 1. The minimum absolute atomic E-state index is 0.0594. The first-order chi connectivity index (χ1) is 13.9. The van der Waals surface area contributed by atoms with Gasteiger partial charge in [-0.15, -0.1) is 0 Å². The summed E-state index contributed by atoms with van der Waals surface area (Å²) in [6.07, 6.45) is 3.21. The molecule has 1 aliphatic heterocycles. The molecule has 29 heavy (non-hydrogen) atoms. The average Bonchev–Trinajstić information content (AvgIpc) is 2.67. The Labute approximate surface area is 173 Å². The molecule has 2 heterocycles. The zero-order valence-corrected chi connectivity index (χ0v) is 16.8. The summed E-state index contributed by atoms with van der Waals surface area (Å²) in [5, 5.41) is 12.5. The van der Waals surface area contributed by atoms with Gasteiger partial charge in [-0.05, 0) is 56.0 Å². The number of ether oxygens (including phenoxy) is 1. The summed E-state index contributed by atoms with van der Waals surface area (Å²) in [6.45, 7) is 3.63. The molecule has 0 bridgehead atoms. The van der Waals surface area contributed by atoms with Crippen molar-refractivity contribution in [2.45, 2.75) is 31.7 Å². The van der Waals surface area contributed by atoms with Gasteiger partial charge in [-0.25, -0.2) is 9.78 Å². The van der Waals surface area contributed by atoms with Crippen molar-refractivity contribution in [2.24, 2.45) is 0 Å². The van der Waals surface area contributed by atoms with Gasteiger partial charge in [0.2, 0.25) is 0 Å². The summed E-state index contributed by atoms with van der Waals surface area (Å²) in [7, 11) is 0. The van der Waals surface area contributed by atoms with Crippen LogP contribution in [-0.4, -0.2) is 47.3 Å². The number of hydrogen-bond donors (Lipinski definition) is 2. The molecule has 0 unspecified atom stereocenters. The molecule has 1 aliphatic carbocycles. The zero-order chi connectivity index (χ0) is 20.6. The largest absolute Gasteiger partial charge is 0.478 e. The molecule has 2 aliphatic rings.